The zero-order valence-electron chi connectivity index (χ0n) is 34.2. The van der Waals surface area contributed by atoms with Gasteiger partial charge in [-0.25, -0.2) is 0 Å². The molecule has 8 aromatic carbocycles. The molecular weight excluding hydrogens is 954 g/mol. The van der Waals surface area contributed by atoms with Gasteiger partial charge >= 0.3 is 21.1 Å². The molecule has 10 aromatic rings. The number of aryl methyl sites for hydroxylation is 1. The Kier molecular flexibility index (Phi) is 10.8. The Morgan fingerprint density at radius 1 is 0.556 bits per heavy atom. The summed E-state index contributed by atoms with van der Waals surface area (Å²) in [4.78, 5) is 8.82. The average molecular weight is 993 g/mol. The molecule has 1 aliphatic rings. The summed E-state index contributed by atoms with van der Waals surface area (Å²) in [5.41, 5.74) is 13.7. The van der Waals surface area contributed by atoms with E-state index in [1.165, 1.54) is 5.56 Å². The summed E-state index contributed by atoms with van der Waals surface area (Å²) in [5, 5.41) is 7.52. The molecule has 1 aliphatic heterocycles. The van der Waals surface area contributed by atoms with Crippen molar-refractivity contribution < 1.29 is 25.8 Å². The number of rotatable bonds is 10. The smallest absolute Gasteiger partial charge is 0.661 e. The van der Waals surface area contributed by atoms with Crippen molar-refractivity contribution in [2.45, 2.75) is 13.1 Å². The number of anilines is 4. The van der Waals surface area contributed by atoms with E-state index in [2.05, 4.69) is 209 Å². The van der Waals surface area contributed by atoms with Crippen molar-refractivity contribution >= 4 is 50.2 Å². The molecule has 6 nitrogen and oxygen atoms in total. The molecule has 3 heterocycles. The van der Waals surface area contributed by atoms with Crippen molar-refractivity contribution in [1.82, 2.24) is 9.55 Å². The van der Waals surface area contributed by atoms with Crippen LogP contribution in [0.15, 0.2) is 207 Å². The van der Waals surface area contributed by atoms with E-state index in [0.29, 0.717) is 11.5 Å². The number of benzene rings is 8. The quantitative estimate of drug-likeness (QED) is 0.128. The molecule has 0 amide bonds. The molecule has 0 saturated heterocycles. The minimum atomic E-state index is -0.382. The van der Waals surface area contributed by atoms with Gasteiger partial charge in [-0.3, -0.25) is 4.98 Å². The van der Waals surface area contributed by atoms with Gasteiger partial charge in [0.05, 0.1) is 0 Å². The van der Waals surface area contributed by atoms with Crippen LogP contribution < -0.4 is 14.5 Å². The Morgan fingerprint density at radius 3 is 1.89 bits per heavy atom. The predicted octanol–water partition coefficient (Wildman–Crippen LogP) is 14.9. The molecule has 0 bridgehead atoms. The Labute approximate surface area is 381 Å². The predicted molar refractivity (Wildman–Crippen MR) is 253 cm³/mol. The first-order valence-electron chi connectivity index (χ1n) is 20.8. The summed E-state index contributed by atoms with van der Waals surface area (Å²) >= 11 is 0. The fourth-order valence-corrected chi connectivity index (χ4v) is 8.55. The molecule has 0 N–H and O–H groups in total. The zero-order chi connectivity index (χ0) is 41.4. The van der Waals surface area contributed by atoms with Crippen LogP contribution in [0, 0.1) is 25.7 Å². The second-order valence-electron chi connectivity index (χ2n) is 15.4. The van der Waals surface area contributed by atoms with Crippen molar-refractivity contribution in [2.75, 3.05) is 9.80 Å². The molecule has 0 aliphatic carbocycles. The van der Waals surface area contributed by atoms with Crippen LogP contribution >= 0.6 is 0 Å². The number of ether oxygens (including phenoxy) is 1. The Balaban J connectivity index is 0.00000471. The molecule has 1 atom stereocenters. The number of para-hydroxylation sites is 4. The van der Waals surface area contributed by atoms with E-state index in [0.717, 1.165) is 78.1 Å². The number of hydrogen-bond acceptors (Lipinski definition) is 4. The third-order valence-corrected chi connectivity index (χ3v) is 11.5. The van der Waals surface area contributed by atoms with Gasteiger partial charge in [-0.1, -0.05) is 145 Å². The first-order valence-corrected chi connectivity index (χ1v) is 20.8. The molecule has 304 valence electrons. The third-order valence-electron chi connectivity index (χ3n) is 11.5. The molecule has 1 unspecified atom stereocenters. The van der Waals surface area contributed by atoms with Crippen LogP contribution in [0.1, 0.15) is 17.3 Å². The van der Waals surface area contributed by atoms with Gasteiger partial charge in [0.15, 0.2) is 0 Å². The Morgan fingerprint density at radius 2 is 1.17 bits per heavy atom. The Bertz CT molecular complexity index is 3130. The van der Waals surface area contributed by atoms with Crippen LogP contribution in [0.4, 0.5) is 28.4 Å². The van der Waals surface area contributed by atoms with Crippen LogP contribution in [-0.2, 0) is 21.1 Å². The number of pyridine rings is 1. The van der Waals surface area contributed by atoms with Crippen LogP contribution in [0.5, 0.6) is 11.5 Å². The van der Waals surface area contributed by atoms with Crippen LogP contribution in [0.3, 0.4) is 0 Å². The molecular formula is C56H39N5OPt. The molecule has 0 saturated carbocycles. The van der Waals surface area contributed by atoms with Gasteiger partial charge in [0.1, 0.15) is 0 Å². The molecule has 7 heteroatoms. The molecule has 0 fully saturated rings. The number of nitrogens with zero attached hydrogens (tertiary/aromatic N) is 5. The monoisotopic (exact) mass is 992 g/mol. The molecule has 2 aromatic heterocycles. The van der Waals surface area contributed by atoms with Crippen molar-refractivity contribution in [2.24, 2.45) is 0 Å². The van der Waals surface area contributed by atoms with E-state index in [1.54, 1.807) is 0 Å². The van der Waals surface area contributed by atoms with E-state index in [4.69, 9.17) is 10.1 Å². The van der Waals surface area contributed by atoms with E-state index >= 15 is 0 Å². The maximum atomic E-state index is 6.69. The van der Waals surface area contributed by atoms with E-state index in [9.17, 15) is 0 Å². The molecule has 63 heavy (non-hydrogen) atoms. The molecule has 0 spiro atoms. The van der Waals surface area contributed by atoms with Crippen LogP contribution in [0.2, 0.25) is 0 Å². The number of hydrogen-bond donors (Lipinski definition) is 0. The first kappa shape index (κ1) is 39.7. The minimum absolute atomic E-state index is 0. The van der Waals surface area contributed by atoms with Crippen LogP contribution in [-0.4, -0.2) is 9.55 Å². The maximum absolute atomic E-state index is 6.69. The van der Waals surface area contributed by atoms with E-state index in [-0.39, 0.29) is 27.2 Å². The third kappa shape index (κ3) is 7.53. The van der Waals surface area contributed by atoms with Crippen molar-refractivity contribution in [3.63, 3.8) is 0 Å². The Hall–Kier alpha value is -7.40. The number of aromatic nitrogens is 2. The average Bonchev–Trinajstić information content (AvgIpc) is 3.88. The molecule has 11 rings (SSSR count). The summed E-state index contributed by atoms with van der Waals surface area (Å²) in [7, 11) is 0. The second kappa shape index (κ2) is 17.2. The van der Waals surface area contributed by atoms with Crippen molar-refractivity contribution in [1.29, 1.82) is 0 Å². The summed E-state index contributed by atoms with van der Waals surface area (Å²) < 4.78 is 8.95. The van der Waals surface area contributed by atoms with Gasteiger partial charge in [-0.2, -0.15) is 12.1 Å². The van der Waals surface area contributed by atoms with E-state index in [1.807, 2.05) is 42.7 Å². The van der Waals surface area contributed by atoms with Gasteiger partial charge in [0.2, 0.25) is 0 Å². The SMILES string of the molecule is Cc1ccc([N-]C(c2ccncc2)n2c3[c-]c(Oc4[c-]c(N5[CH-]N(c6c(-c7ccccc7)cccc6-c6ccccc6)c6ccccc65)ccc4)ccc3c3ccccc32)cc1.[Pt+4]. The van der Waals surface area contributed by atoms with Crippen LogP contribution in [0.25, 0.3) is 49.4 Å². The van der Waals surface area contributed by atoms with Crippen molar-refractivity contribution in [3.05, 3.63) is 242 Å². The normalized spacial score (nSPS) is 12.5. The summed E-state index contributed by atoms with van der Waals surface area (Å²) in [6.07, 6.45) is 3.26. The van der Waals surface area contributed by atoms with Gasteiger partial charge < -0.3 is 24.4 Å². The largest absolute Gasteiger partial charge is 4.00 e. The summed E-state index contributed by atoms with van der Waals surface area (Å²) in [6, 6.07) is 74.5. The topological polar surface area (TPSA) is 47.6 Å². The van der Waals surface area contributed by atoms with E-state index < -0.39 is 0 Å². The standard InChI is InChI=1S/C56H39N5O.Pt/c1-39-26-28-43(29-27-39)58-56(42-32-34-57-35-33-42)61-51-23-9-8-20-49(51)50-31-30-46(37-54(50)61)62-45-19-12-18-44(36-45)59-38-60(53-25-11-10-24-52(53)59)55-47(40-14-4-2-5-15-40)21-13-22-48(55)41-16-6-3-7-17-41;/h2-35,38,56H,1H3;/q-4;+4. The maximum Gasteiger partial charge on any atom is 4.00 e. The first-order chi connectivity index (χ1) is 30.7. The summed E-state index contributed by atoms with van der Waals surface area (Å²) in [5.74, 6) is 1.16. The molecule has 0 radical (unpaired) electrons. The van der Waals surface area contributed by atoms with Gasteiger partial charge in [-0.05, 0) is 65.5 Å². The van der Waals surface area contributed by atoms with Crippen molar-refractivity contribution in [3.8, 4) is 33.8 Å². The fraction of sp³-hybridized carbons (Fsp3) is 0.0357. The van der Waals surface area contributed by atoms with Gasteiger partial charge in [0.25, 0.3) is 0 Å². The minimum Gasteiger partial charge on any atom is -0.661 e. The zero-order valence-corrected chi connectivity index (χ0v) is 36.5. The summed E-state index contributed by atoms with van der Waals surface area (Å²) in [6.45, 7) is 4.26. The number of fused-ring (bicyclic) bond motifs is 4. The fourth-order valence-electron chi connectivity index (χ4n) is 8.55. The van der Waals surface area contributed by atoms with Gasteiger partial charge in [0, 0.05) is 57.6 Å². The second-order valence-corrected chi connectivity index (χ2v) is 15.4. The van der Waals surface area contributed by atoms with Gasteiger partial charge in [-0.15, -0.1) is 53.8 Å².